The molecular formula is C11H13FN2O. The van der Waals surface area contributed by atoms with Crippen molar-refractivity contribution in [3.63, 3.8) is 0 Å². The van der Waals surface area contributed by atoms with Gasteiger partial charge in [0.2, 0.25) is 5.91 Å². The van der Waals surface area contributed by atoms with Crippen LogP contribution >= 0.6 is 0 Å². The van der Waals surface area contributed by atoms with Crippen molar-refractivity contribution >= 4 is 11.6 Å². The number of nitrogens with two attached hydrogens (primary N) is 1. The Morgan fingerprint density at radius 3 is 2.87 bits per heavy atom. The second-order valence-corrected chi connectivity index (χ2v) is 3.84. The number of benzene rings is 1. The Labute approximate surface area is 87.7 Å². The van der Waals surface area contributed by atoms with Crippen molar-refractivity contribution in [1.29, 1.82) is 0 Å². The van der Waals surface area contributed by atoms with Gasteiger partial charge in [0.25, 0.3) is 0 Å². The molecule has 0 bridgehead atoms. The van der Waals surface area contributed by atoms with Crippen LogP contribution in [0.5, 0.6) is 0 Å². The van der Waals surface area contributed by atoms with Gasteiger partial charge in [-0.3, -0.25) is 4.79 Å². The lowest BCUT2D eigenvalue weighted by Gasteiger charge is -2.17. The minimum atomic E-state index is -0.482. The first kappa shape index (κ1) is 10.1. The SMILES string of the molecule is Cc1ccc(F)c(N2CCC(N)C2=O)c1. The summed E-state index contributed by atoms with van der Waals surface area (Å²) >= 11 is 0. The molecule has 2 rings (SSSR count). The summed E-state index contributed by atoms with van der Waals surface area (Å²) in [5.41, 5.74) is 6.85. The summed E-state index contributed by atoms with van der Waals surface area (Å²) in [6.07, 6.45) is 0.589. The third kappa shape index (κ3) is 1.72. The van der Waals surface area contributed by atoms with Gasteiger partial charge in [0.1, 0.15) is 5.82 Å². The highest BCUT2D eigenvalue weighted by molar-refractivity contribution is 5.99. The lowest BCUT2D eigenvalue weighted by Crippen LogP contribution is -2.34. The van der Waals surface area contributed by atoms with Crippen LogP contribution in [0.15, 0.2) is 18.2 Å². The molecule has 4 heteroatoms. The summed E-state index contributed by atoms with van der Waals surface area (Å²) in [5.74, 6) is -0.567. The Kier molecular flexibility index (Phi) is 2.44. The van der Waals surface area contributed by atoms with E-state index in [4.69, 9.17) is 5.73 Å². The zero-order valence-electron chi connectivity index (χ0n) is 8.53. The number of halogens is 1. The summed E-state index contributed by atoms with van der Waals surface area (Å²) < 4.78 is 13.5. The number of anilines is 1. The van der Waals surface area contributed by atoms with E-state index in [1.54, 1.807) is 12.1 Å². The van der Waals surface area contributed by atoms with Gasteiger partial charge >= 0.3 is 0 Å². The predicted molar refractivity (Wildman–Crippen MR) is 56.1 cm³/mol. The Bertz CT molecular complexity index is 406. The molecule has 1 fully saturated rings. The summed E-state index contributed by atoms with van der Waals surface area (Å²) in [7, 11) is 0. The number of aryl methyl sites for hydroxylation is 1. The highest BCUT2D eigenvalue weighted by Gasteiger charge is 2.30. The lowest BCUT2D eigenvalue weighted by atomic mass is 10.2. The molecule has 0 aromatic heterocycles. The molecule has 0 saturated carbocycles. The number of hydrogen-bond donors (Lipinski definition) is 1. The largest absolute Gasteiger partial charge is 0.320 e. The molecular weight excluding hydrogens is 195 g/mol. The maximum Gasteiger partial charge on any atom is 0.244 e. The first-order valence-corrected chi connectivity index (χ1v) is 4.92. The van der Waals surface area contributed by atoms with Crippen molar-refractivity contribution < 1.29 is 9.18 Å². The van der Waals surface area contributed by atoms with Gasteiger partial charge in [-0.25, -0.2) is 4.39 Å². The normalized spacial score (nSPS) is 21.1. The van der Waals surface area contributed by atoms with Gasteiger partial charge in [-0.05, 0) is 31.0 Å². The van der Waals surface area contributed by atoms with Crippen LogP contribution < -0.4 is 10.6 Å². The van der Waals surface area contributed by atoms with E-state index in [1.807, 2.05) is 6.92 Å². The Morgan fingerprint density at radius 2 is 2.27 bits per heavy atom. The maximum absolute atomic E-state index is 13.5. The topological polar surface area (TPSA) is 46.3 Å². The van der Waals surface area contributed by atoms with Gasteiger partial charge in [0.15, 0.2) is 0 Å². The highest BCUT2D eigenvalue weighted by Crippen LogP contribution is 2.24. The fourth-order valence-corrected chi connectivity index (χ4v) is 1.77. The molecule has 1 amide bonds. The van der Waals surface area contributed by atoms with E-state index in [0.29, 0.717) is 18.7 Å². The van der Waals surface area contributed by atoms with Crippen LogP contribution in [0.4, 0.5) is 10.1 Å². The second-order valence-electron chi connectivity index (χ2n) is 3.84. The van der Waals surface area contributed by atoms with Crippen molar-refractivity contribution in [2.45, 2.75) is 19.4 Å². The number of nitrogens with zero attached hydrogens (tertiary/aromatic N) is 1. The van der Waals surface area contributed by atoms with Crippen LogP contribution in [0.2, 0.25) is 0 Å². The number of amides is 1. The predicted octanol–water partition coefficient (Wildman–Crippen LogP) is 1.20. The third-order valence-electron chi connectivity index (χ3n) is 2.64. The molecule has 1 aromatic rings. The first-order chi connectivity index (χ1) is 7.09. The fraction of sp³-hybridized carbons (Fsp3) is 0.364. The third-order valence-corrected chi connectivity index (χ3v) is 2.64. The minimum Gasteiger partial charge on any atom is -0.320 e. The van der Waals surface area contributed by atoms with Gasteiger partial charge in [-0.1, -0.05) is 6.07 Å². The number of hydrogen-bond acceptors (Lipinski definition) is 2. The summed E-state index contributed by atoms with van der Waals surface area (Å²) in [6.45, 7) is 2.36. The quantitative estimate of drug-likeness (QED) is 0.753. The average molecular weight is 208 g/mol. The Hall–Kier alpha value is -1.42. The van der Waals surface area contributed by atoms with Crippen molar-refractivity contribution in [2.24, 2.45) is 5.73 Å². The van der Waals surface area contributed by atoms with Crippen LogP contribution in [-0.4, -0.2) is 18.5 Å². The van der Waals surface area contributed by atoms with Crippen molar-refractivity contribution in [3.8, 4) is 0 Å². The summed E-state index contributed by atoms with van der Waals surface area (Å²) in [4.78, 5) is 13.0. The van der Waals surface area contributed by atoms with Crippen LogP contribution in [0.1, 0.15) is 12.0 Å². The van der Waals surface area contributed by atoms with E-state index in [1.165, 1.54) is 11.0 Å². The van der Waals surface area contributed by atoms with Gasteiger partial charge in [0.05, 0.1) is 11.7 Å². The van der Waals surface area contributed by atoms with Gasteiger partial charge in [-0.15, -0.1) is 0 Å². The second kappa shape index (κ2) is 3.62. The molecule has 15 heavy (non-hydrogen) atoms. The van der Waals surface area contributed by atoms with Crippen LogP contribution in [0.25, 0.3) is 0 Å². The standard InChI is InChI=1S/C11H13FN2O/c1-7-2-3-8(12)10(6-7)14-5-4-9(13)11(14)15/h2-3,6,9H,4-5,13H2,1H3. The first-order valence-electron chi connectivity index (χ1n) is 4.92. The van der Waals surface area contributed by atoms with Crippen molar-refractivity contribution in [1.82, 2.24) is 0 Å². The van der Waals surface area contributed by atoms with Crippen LogP contribution in [-0.2, 0) is 4.79 Å². The van der Waals surface area contributed by atoms with Crippen LogP contribution in [0.3, 0.4) is 0 Å². The molecule has 2 N–H and O–H groups in total. The van der Waals surface area contributed by atoms with E-state index in [2.05, 4.69) is 0 Å². The van der Waals surface area contributed by atoms with Crippen molar-refractivity contribution in [3.05, 3.63) is 29.6 Å². The lowest BCUT2D eigenvalue weighted by molar-refractivity contribution is -0.118. The van der Waals surface area contributed by atoms with Crippen LogP contribution in [0, 0.1) is 12.7 Å². The van der Waals surface area contributed by atoms with E-state index in [-0.39, 0.29) is 11.7 Å². The molecule has 1 unspecified atom stereocenters. The molecule has 1 aromatic carbocycles. The van der Waals surface area contributed by atoms with Gasteiger partial charge in [-0.2, -0.15) is 0 Å². The van der Waals surface area contributed by atoms with E-state index in [9.17, 15) is 9.18 Å². The van der Waals surface area contributed by atoms with E-state index in [0.717, 1.165) is 5.56 Å². The zero-order chi connectivity index (χ0) is 11.0. The molecule has 0 aliphatic carbocycles. The number of rotatable bonds is 1. The monoisotopic (exact) mass is 208 g/mol. The smallest absolute Gasteiger partial charge is 0.244 e. The fourth-order valence-electron chi connectivity index (χ4n) is 1.77. The minimum absolute atomic E-state index is 0.195. The average Bonchev–Trinajstić information content (AvgIpc) is 2.52. The zero-order valence-corrected chi connectivity index (χ0v) is 8.53. The molecule has 1 aliphatic rings. The molecule has 1 aliphatic heterocycles. The molecule has 1 heterocycles. The van der Waals surface area contributed by atoms with Gasteiger partial charge in [0, 0.05) is 6.54 Å². The molecule has 0 spiro atoms. The highest BCUT2D eigenvalue weighted by atomic mass is 19.1. The van der Waals surface area contributed by atoms with Crippen molar-refractivity contribution in [2.75, 3.05) is 11.4 Å². The molecule has 3 nitrogen and oxygen atoms in total. The van der Waals surface area contributed by atoms with E-state index >= 15 is 0 Å². The maximum atomic E-state index is 13.5. The molecule has 80 valence electrons. The van der Waals surface area contributed by atoms with Gasteiger partial charge < -0.3 is 10.6 Å². The molecule has 1 atom stereocenters. The number of carbonyl (C=O) groups excluding carboxylic acids is 1. The molecule has 0 radical (unpaired) electrons. The Morgan fingerprint density at radius 1 is 1.53 bits per heavy atom. The Balaban J connectivity index is 2.37. The summed E-state index contributed by atoms with van der Waals surface area (Å²) in [5, 5.41) is 0. The molecule has 1 saturated heterocycles. The van der Waals surface area contributed by atoms with E-state index < -0.39 is 6.04 Å². The number of carbonyl (C=O) groups is 1. The summed E-state index contributed by atoms with van der Waals surface area (Å²) in [6, 6.07) is 4.25.